The second-order valence-corrected chi connectivity index (χ2v) is 4.12. The molecule has 54 valence electrons. The third kappa shape index (κ3) is 1.86. The molecule has 0 fully saturated rings. The first-order valence-corrected chi connectivity index (χ1v) is 5.15. The number of alkyl halides is 1. The minimum absolute atomic E-state index is 0.569. The van der Waals surface area contributed by atoms with Crippen LogP contribution in [-0.2, 0) is 5.88 Å². The van der Waals surface area contributed by atoms with E-state index in [-0.39, 0.29) is 0 Å². The molecule has 0 N–H and O–H groups in total. The van der Waals surface area contributed by atoms with Gasteiger partial charge in [-0.15, -0.1) is 11.6 Å². The lowest BCUT2D eigenvalue weighted by Gasteiger charge is -2.00. The van der Waals surface area contributed by atoms with Gasteiger partial charge in [-0.1, -0.05) is 22.0 Å². The highest BCUT2D eigenvalue weighted by atomic mass is 127. The predicted octanol–water partition coefficient (Wildman–Crippen LogP) is 3.79. The molecular weight excluding hydrogens is 326 g/mol. The number of benzene rings is 1. The summed E-state index contributed by atoms with van der Waals surface area (Å²) < 4.78 is 2.30. The molecule has 1 aromatic rings. The maximum atomic E-state index is 5.70. The van der Waals surface area contributed by atoms with E-state index >= 15 is 0 Å². The van der Waals surface area contributed by atoms with Crippen molar-refractivity contribution in [3.05, 3.63) is 31.8 Å². The van der Waals surface area contributed by atoms with E-state index in [1.807, 2.05) is 18.2 Å². The van der Waals surface area contributed by atoms with Gasteiger partial charge in [0.2, 0.25) is 0 Å². The summed E-state index contributed by atoms with van der Waals surface area (Å²) in [6.45, 7) is 0. The van der Waals surface area contributed by atoms with Crippen LogP contribution in [0.3, 0.4) is 0 Å². The molecule has 0 aliphatic heterocycles. The molecule has 0 heterocycles. The third-order valence-electron chi connectivity index (χ3n) is 1.20. The first-order valence-electron chi connectivity index (χ1n) is 2.74. The second-order valence-electron chi connectivity index (χ2n) is 1.83. The highest BCUT2D eigenvalue weighted by Gasteiger charge is 2.00. The van der Waals surface area contributed by atoms with Crippen LogP contribution in [0.1, 0.15) is 5.56 Å². The van der Waals surface area contributed by atoms with Crippen molar-refractivity contribution < 1.29 is 0 Å². The van der Waals surface area contributed by atoms with Crippen LogP contribution in [-0.4, -0.2) is 0 Å². The molecule has 3 heteroatoms. The maximum absolute atomic E-state index is 5.70. The molecular formula is C7H5BrClI. The average molecular weight is 331 g/mol. The lowest BCUT2D eigenvalue weighted by atomic mass is 10.2. The van der Waals surface area contributed by atoms with Crippen LogP contribution in [0.2, 0.25) is 0 Å². The fourth-order valence-electron chi connectivity index (χ4n) is 0.660. The molecule has 0 saturated carbocycles. The van der Waals surface area contributed by atoms with Crippen LogP contribution in [0.4, 0.5) is 0 Å². The van der Waals surface area contributed by atoms with Crippen LogP contribution in [0.5, 0.6) is 0 Å². The molecule has 0 aliphatic rings. The molecule has 1 aromatic carbocycles. The van der Waals surface area contributed by atoms with Gasteiger partial charge >= 0.3 is 0 Å². The van der Waals surface area contributed by atoms with Crippen LogP contribution < -0.4 is 0 Å². The lowest BCUT2D eigenvalue weighted by molar-refractivity contribution is 1.34. The number of hydrogen-bond donors (Lipinski definition) is 0. The van der Waals surface area contributed by atoms with Gasteiger partial charge in [-0.2, -0.15) is 0 Å². The van der Waals surface area contributed by atoms with Gasteiger partial charge in [0, 0.05) is 13.9 Å². The Balaban J connectivity index is 3.17. The first-order chi connectivity index (χ1) is 4.75. The van der Waals surface area contributed by atoms with Gasteiger partial charge in [-0.25, -0.2) is 0 Å². The van der Waals surface area contributed by atoms with Gasteiger partial charge in [-0.05, 0) is 40.3 Å². The Morgan fingerprint density at radius 3 is 2.60 bits per heavy atom. The average Bonchev–Trinajstić information content (AvgIpc) is 1.88. The van der Waals surface area contributed by atoms with Crippen LogP contribution >= 0.6 is 50.1 Å². The summed E-state index contributed by atoms with van der Waals surface area (Å²) in [5.41, 5.74) is 1.17. The largest absolute Gasteiger partial charge is 0.121 e. The zero-order valence-electron chi connectivity index (χ0n) is 5.07. The summed E-state index contributed by atoms with van der Waals surface area (Å²) in [5.74, 6) is 0.569. The van der Waals surface area contributed by atoms with Gasteiger partial charge < -0.3 is 0 Å². The summed E-state index contributed by atoms with van der Waals surface area (Å²) in [4.78, 5) is 0. The van der Waals surface area contributed by atoms with E-state index in [1.165, 1.54) is 9.13 Å². The molecule has 0 spiro atoms. The smallest absolute Gasteiger partial charge is 0.0495 e. The van der Waals surface area contributed by atoms with E-state index in [1.54, 1.807) is 0 Å². The van der Waals surface area contributed by atoms with Crippen molar-refractivity contribution in [2.75, 3.05) is 0 Å². The summed E-state index contributed by atoms with van der Waals surface area (Å²) in [6.07, 6.45) is 0. The Labute approximate surface area is 87.2 Å². The summed E-state index contributed by atoms with van der Waals surface area (Å²) in [7, 11) is 0. The molecule has 0 bridgehead atoms. The molecule has 0 unspecified atom stereocenters. The maximum Gasteiger partial charge on any atom is 0.0495 e. The highest BCUT2D eigenvalue weighted by molar-refractivity contribution is 14.1. The summed E-state index contributed by atoms with van der Waals surface area (Å²) >= 11 is 11.4. The molecule has 0 amide bonds. The van der Waals surface area contributed by atoms with Crippen molar-refractivity contribution in [1.82, 2.24) is 0 Å². The van der Waals surface area contributed by atoms with Crippen molar-refractivity contribution >= 4 is 50.1 Å². The van der Waals surface area contributed by atoms with Crippen LogP contribution in [0.15, 0.2) is 22.7 Å². The normalized spacial score (nSPS) is 9.90. The molecule has 0 atom stereocenters. The van der Waals surface area contributed by atoms with Crippen molar-refractivity contribution in [1.29, 1.82) is 0 Å². The fourth-order valence-corrected chi connectivity index (χ4v) is 2.90. The van der Waals surface area contributed by atoms with Gasteiger partial charge in [0.1, 0.15) is 0 Å². The summed E-state index contributed by atoms with van der Waals surface area (Å²) in [6, 6.07) is 6.05. The van der Waals surface area contributed by atoms with E-state index < -0.39 is 0 Å². The SMILES string of the molecule is ClCc1c(Br)cccc1I. The van der Waals surface area contributed by atoms with Gasteiger partial charge in [0.05, 0.1) is 0 Å². The van der Waals surface area contributed by atoms with Crippen molar-refractivity contribution in [3.63, 3.8) is 0 Å². The first kappa shape index (κ1) is 8.81. The minimum atomic E-state index is 0.569. The molecule has 0 aromatic heterocycles. The Kier molecular flexibility index (Phi) is 3.46. The minimum Gasteiger partial charge on any atom is -0.121 e. The molecule has 10 heavy (non-hydrogen) atoms. The third-order valence-corrected chi connectivity index (χ3v) is 3.22. The highest BCUT2D eigenvalue weighted by Crippen LogP contribution is 2.23. The Morgan fingerprint density at radius 2 is 2.20 bits per heavy atom. The van der Waals surface area contributed by atoms with Crippen molar-refractivity contribution in [2.45, 2.75) is 5.88 Å². The standard InChI is InChI=1S/C7H5BrClI/c8-6-2-1-3-7(10)5(6)4-9/h1-3H,4H2. The number of hydrogen-bond acceptors (Lipinski definition) is 0. The van der Waals surface area contributed by atoms with Crippen LogP contribution in [0.25, 0.3) is 0 Å². The quantitative estimate of drug-likeness (QED) is 0.542. The topological polar surface area (TPSA) is 0 Å². The zero-order valence-corrected chi connectivity index (χ0v) is 9.57. The predicted molar refractivity (Wildman–Crippen MR) is 56.4 cm³/mol. The molecule has 0 saturated heterocycles. The van der Waals surface area contributed by atoms with Gasteiger partial charge in [0.25, 0.3) is 0 Å². The van der Waals surface area contributed by atoms with Gasteiger partial charge in [0.15, 0.2) is 0 Å². The Morgan fingerprint density at radius 1 is 1.50 bits per heavy atom. The van der Waals surface area contributed by atoms with E-state index in [2.05, 4.69) is 38.5 Å². The molecule has 1 rings (SSSR count). The lowest BCUT2D eigenvalue weighted by Crippen LogP contribution is -1.84. The Hall–Kier alpha value is 0.720. The zero-order chi connectivity index (χ0) is 7.56. The van der Waals surface area contributed by atoms with E-state index in [0.29, 0.717) is 5.88 Å². The monoisotopic (exact) mass is 330 g/mol. The van der Waals surface area contributed by atoms with E-state index in [9.17, 15) is 0 Å². The van der Waals surface area contributed by atoms with E-state index in [4.69, 9.17) is 11.6 Å². The molecule has 0 aliphatic carbocycles. The fraction of sp³-hybridized carbons (Fsp3) is 0.143. The number of halogens is 3. The van der Waals surface area contributed by atoms with Crippen LogP contribution in [0, 0.1) is 3.57 Å². The summed E-state index contributed by atoms with van der Waals surface area (Å²) in [5, 5.41) is 0. The second kappa shape index (κ2) is 3.93. The Bertz CT molecular complexity index is 217. The van der Waals surface area contributed by atoms with Gasteiger partial charge in [-0.3, -0.25) is 0 Å². The molecule has 0 radical (unpaired) electrons. The molecule has 0 nitrogen and oxygen atoms in total. The van der Waals surface area contributed by atoms with Crippen molar-refractivity contribution in [2.24, 2.45) is 0 Å². The van der Waals surface area contributed by atoms with Crippen molar-refractivity contribution in [3.8, 4) is 0 Å². The number of rotatable bonds is 1. The van der Waals surface area contributed by atoms with E-state index in [0.717, 1.165) is 4.47 Å².